The third kappa shape index (κ3) is 5.15. The van der Waals surface area contributed by atoms with Crippen LogP contribution in [0, 0.1) is 24.1 Å². The lowest BCUT2D eigenvalue weighted by atomic mass is 10.0. The Kier molecular flexibility index (Phi) is 8.35. The number of anilines is 2. The monoisotopic (exact) mass is 539 g/mol. The van der Waals surface area contributed by atoms with Crippen molar-refractivity contribution in [3.63, 3.8) is 0 Å². The highest BCUT2D eigenvalue weighted by atomic mass is 32.2. The van der Waals surface area contributed by atoms with Crippen LogP contribution in [0.25, 0.3) is 6.08 Å². The third-order valence-electron chi connectivity index (χ3n) is 6.82. The zero-order chi connectivity index (χ0) is 26.7. The van der Waals surface area contributed by atoms with E-state index in [4.69, 9.17) is 12.2 Å². The minimum Gasteiger partial charge on any atom is -0.366 e. The number of pyridine rings is 1. The van der Waals surface area contributed by atoms with Gasteiger partial charge in [0, 0.05) is 44.8 Å². The molecule has 7 nitrogen and oxygen atoms in total. The fourth-order valence-electron chi connectivity index (χ4n) is 4.78. The molecule has 0 bridgehead atoms. The summed E-state index contributed by atoms with van der Waals surface area (Å²) in [5, 5.41) is 9.86. The number of aromatic nitrogens is 1. The lowest BCUT2D eigenvalue weighted by molar-refractivity contribution is -0.121. The Morgan fingerprint density at radius 2 is 1.81 bits per heavy atom. The van der Waals surface area contributed by atoms with E-state index >= 15 is 0 Å². The van der Waals surface area contributed by atoms with Gasteiger partial charge in [-0.05, 0) is 44.0 Å². The highest BCUT2D eigenvalue weighted by Gasteiger charge is 2.33. The van der Waals surface area contributed by atoms with Gasteiger partial charge in [0.25, 0.3) is 11.5 Å². The Morgan fingerprint density at radius 3 is 2.41 bits per heavy atom. The Balaban J connectivity index is 1.81. The van der Waals surface area contributed by atoms with Gasteiger partial charge in [-0.15, -0.1) is 0 Å². The second-order valence-corrected chi connectivity index (χ2v) is 10.7. The molecule has 0 aliphatic carbocycles. The molecule has 2 fully saturated rings. The number of hydrogen-bond acceptors (Lipinski definition) is 7. The fraction of sp³-hybridized carbons (Fsp3) is 0.407. The number of para-hydroxylation sites is 1. The number of nitriles is 1. The summed E-state index contributed by atoms with van der Waals surface area (Å²) in [4.78, 5) is 32.6. The molecule has 2 aromatic rings. The number of likely N-dealkylation sites (N-methyl/N-ethyl adjacent to an activating group) is 1. The van der Waals surface area contributed by atoms with Crippen LogP contribution in [-0.2, 0) is 11.3 Å². The van der Waals surface area contributed by atoms with Crippen molar-refractivity contribution in [2.45, 2.75) is 40.2 Å². The molecule has 194 valence electrons. The summed E-state index contributed by atoms with van der Waals surface area (Å²) < 4.78 is 16.6. The highest BCUT2D eigenvalue weighted by Crippen LogP contribution is 2.36. The van der Waals surface area contributed by atoms with Crippen LogP contribution in [0.1, 0.15) is 43.4 Å². The van der Waals surface area contributed by atoms with Gasteiger partial charge in [-0.25, -0.2) is 4.39 Å². The molecule has 2 saturated heterocycles. The fourth-order valence-corrected chi connectivity index (χ4v) is 6.15. The molecule has 4 rings (SSSR count). The average molecular weight is 540 g/mol. The number of carbonyl (C=O) groups is 1. The van der Waals surface area contributed by atoms with Crippen LogP contribution in [0.3, 0.4) is 0 Å². The second kappa shape index (κ2) is 11.5. The van der Waals surface area contributed by atoms with E-state index in [1.807, 2.05) is 24.8 Å². The maximum atomic E-state index is 14.4. The van der Waals surface area contributed by atoms with Crippen LogP contribution in [0.5, 0.6) is 0 Å². The number of thioether (sulfide) groups is 1. The van der Waals surface area contributed by atoms with Crippen molar-refractivity contribution in [1.82, 2.24) is 9.47 Å². The molecular formula is C27H30FN5O2S2. The van der Waals surface area contributed by atoms with Crippen LogP contribution in [0.2, 0.25) is 0 Å². The third-order valence-corrected chi connectivity index (χ3v) is 8.20. The van der Waals surface area contributed by atoms with Gasteiger partial charge in [0.2, 0.25) is 0 Å². The van der Waals surface area contributed by atoms with Crippen molar-refractivity contribution in [2.24, 2.45) is 0 Å². The molecule has 10 heteroatoms. The van der Waals surface area contributed by atoms with Crippen LogP contribution in [0.4, 0.5) is 15.9 Å². The Morgan fingerprint density at radius 1 is 1.14 bits per heavy atom. The van der Waals surface area contributed by atoms with E-state index in [1.165, 1.54) is 17.8 Å². The van der Waals surface area contributed by atoms with Gasteiger partial charge in [-0.3, -0.25) is 19.1 Å². The van der Waals surface area contributed by atoms with Crippen molar-refractivity contribution >= 4 is 51.8 Å². The first-order chi connectivity index (χ1) is 17.8. The molecule has 0 unspecified atom stereocenters. The molecule has 0 spiro atoms. The number of unbranched alkanes of at least 4 members (excludes halogenated alkanes) is 1. The number of carbonyl (C=O) groups excluding carboxylic acids is 1. The van der Waals surface area contributed by atoms with Gasteiger partial charge in [0.05, 0.1) is 10.6 Å². The number of rotatable bonds is 7. The van der Waals surface area contributed by atoms with Crippen molar-refractivity contribution in [2.75, 3.05) is 42.5 Å². The van der Waals surface area contributed by atoms with Crippen LogP contribution in [0.15, 0.2) is 34.0 Å². The second-order valence-electron chi connectivity index (χ2n) is 9.01. The predicted octanol–water partition coefficient (Wildman–Crippen LogP) is 4.52. The Bertz CT molecular complexity index is 1360. The molecule has 0 atom stereocenters. The van der Waals surface area contributed by atoms with Gasteiger partial charge in [-0.1, -0.05) is 49.5 Å². The van der Waals surface area contributed by atoms with E-state index in [0.717, 1.165) is 12.8 Å². The summed E-state index contributed by atoms with van der Waals surface area (Å²) in [6.45, 7) is 8.87. The van der Waals surface area contributed by atoms with Crippen LogP contribution < -0.4 is 15.4 Å². The Hall–Kier alpha value is -3.16. The van der Waals surface area contributed by atoms with Gasteiger partial charge >= 0.3 is 0 Å². The smallest absolute Gasteiger partial charge is 0.270 e. The quantitative estimate of drug-likeness (QED) is 0.379. The van der Waals surface area contributed by atoms with E-state index in [2.05, 4.69) is 11.0 Å². The summed E-state index contributed by atoms with van der Waals surface area (Å²) in [6.07, 6.45) is 3.44. The molecule has 2 aliphatic rings. The number of nitrogens with zero attached hydrogens (tertiary/aromatic N) is 5. The summed E-state index contributed by atoms with van der Waals surface area (Å²) >= 11 is 6.63. The van der Waals surface area contributed by atoms with Gasteiger partial charge in [0.15, 0.2) is 0 Å². The zero-order valence-electron chi connectivity index (χ0n) is 21.3. The Labute approximate surface area is 226 Å². The van der Waals surface area contributed by atoms with E-state index in [9.17, 15) is 19.2 Å². The topological polar surface area (TPSA) is 72.6 Å². The molecule has 0 N–H and O–H groups in total. The number of halogens is 1. The van der Waals surface area contributed by atoms with E-state index < -0.39 is 0 Å². The largest absolute Gasteiger partial charge is 0.366 e. The minimum atomic E-state index is -0.321. The van der Waals surface area contributed by atoms with Gasteiger partial charge in [0.1, 0.15) is 27.6 Å². The molecule has 3 heterocycles. The molecule has 2 aliphatic heterocycles. The van der Waals surface area contributed by atoms with Crippen molar-refractivity contribution < 1.29 is 9.18 Å². The standard InChI is InChI=1S/C27H30FN5O2S2/c1-4-6-11-33-24(31-14-12-30(13-15-31)22-10-8-7-9-21(22)28)19(18(3)20(17-29)25(33)34)16-23-26(35)32(5-2)27(36)37-23/h7-10,16H,4-6,11-15H2,1-3H3/b23-16+. The number of thiocarbonyl (C=S) groups is 1. The molecule has 1 aromatic heterocycles. The van der Waals surface area contributed by atoms with Gasteiger partial charge in [-0.2, -0.15) is 5.26 Å². The first-order valence-electron chi connectivity index (χ1n) is 12.5. The molecular weight excluding hydrogens is 509 g/mol. The van der Waals surface area contributed by atoms with E-state index in [-0.39, 0.29) is 22.8 Å². The van der Waals surface area contributed by atoms with E-state index in [0.29, 0.717) is 71.1 Å². The van der Waals surface area contributed by atoms with Gasteiger partial charge < -0.3 is 9.80 Å². The number of piperazine rings is 1. The first-order valence-corrected chi connectivity index (χ1v) is 13.7. The van der Waals surface area contributed by atoms with E-state index in [1.54, 1.807) is 34.6 Å². The zero-order valence-corrected chi connectivity index (χ0v) is 22.9. The first kappa shape index (κ1) is 26.9. The molecule has 1 aromatic carbocycles. The summed E-state index contributed by atoms with van der Waals surface area (Å²) in [5.74, 6) is 0.269. The predicted molar refractivity (Wildman–Crippen MR) is 151 cm³/mol. The normalized spacial score (nSPS) is 17.2. The number of benzene rings is 1. The maximum absolute atomic E-state index is 14.4. The summed E-state index contributed by atoms with van der Waals surface area (Å²) in [5.41, 5.74) is 1.56. The molecule has 0 saturated carbocycles. The molecule has 37 heavy (non-hydrogen) atoms. The van der Waals surface area contributed by atoms with Crippen molar-refractivity contribution in [3.05, 3.63) is 62.0 Å². The summed E-state index contributed by atoms with van der Waals surface area (Å²) in [6, 6.07) is 8.82. The van der Waals surface area contributed by atoms with Crippen LogP contribution >= 0.6 is 24.0 Å². The number of hydrogen-bond donors (Lipinski definition) is 0. The highest BCUT2D eigenvalue weighted by molar-refractivity contribution is 8.26. The lowest BCUT2D eigenvalue weighted by Crippen LogP contribution is -2.49. The average Bonchev–Trinajstić information content (AvgIpc) is 3.17. The molecule has 1 amide bonds. The van der Waals surface area contributed by atoms with Crippen molar-refractivity contribution in [3.8, 4) is 6.07 Å². The van der Waals surface area contributed by atoms with Crippen molar-refractivity contribution in [1.29, 1.82) is 5.26 Å². The van der Waals surface area contributed by atoms with Crippen LogP contribution in [-0.4, -0.2) is 52.4 Å². The molecule has 0 radical (unpaired) electrons. The maximum Gasteiger partial charge on any atom is 0.270 e. The minimum absolute atomic E-state index is 0.0852. The summed E-state index contributed by atoms with van der Waals surface area (Å²) in [7, 11) is 0. The lowest BCUT2D eigenvalue weighted by Gasteiger charge is -2.39. The SMILES string of the molecule is CCCCn1c(N2CCN(c3ccccc3F)CC2)c(/C=C2/SC(=S)N(CC)C2=O)c(C)c(C#N)c1=O. The number of amides is 1.